The van der Waals surface area contributed by atoms with Crippen molar-refractivity contribution in [1.82, 2.24) is 15.1 Å². The van der Waals surface area contributed by atoms with Gasteiger partial charge in [0.15, 0.2) is 0 Å². The van der Waals surface area contributed by atoms with Gasteiger partial charge in [0.1, 0.15) is 0 Å². The molecule has 0 aliphatic carbocycles. The zero-order valence-electron chi connectivity index (χ0n) is 9.98. The predicted molar refractivity (Wildman–Crippen MR) is 63.3 cm³/mol. The molecule has 0 radical (unpaired) electrons. The minimum Gasteiger partial charge on any atom is -0.381 e. The molecule has 0 spiro atoms. The Morgan fingerprint density at radius 2 is 2.50 bits per heavy atom. The van der Waals surface area contributed by atoms with Gasteiger partial charge in [0.25, 0.3) is 0 Å². The summed E-state index contributed by atoms with van der Waals surface area (Å²) in [6.07, 6.45) is 5.39. The number of nitrogens with one attached hydrogen (secondary N) is 1. The van der Waals surface area contributed by atoms with Crippen molar-refractivity contribution in [3.05, 3.63) is 18.0 Å². The number of ether oxygens (including phenoxy) is 1. The molecule has 1 aliphatic heterocycles. The summed E-state index contributed by atoms with van der Waals surface area (Å²) >= 11 is 0. The van der Waals surface area contributed by atoms with Crippen molar-refractivity contribution in [3.8, 4) is 0 Å². The minimum absolute atomic E-state index is 0.782. The van der Waals surface area contributed by atoms with Gasteiger partial charge in [-0.1, -0.05) is 0 Å². The number of hydrogen-bond donors (Lipinski definition) is 1. The fourth-order valence-corrected chi connectivity index (χ4v) is 2.11. The molecular weight excluding hydrogens is 202 g/mol. The van der Waals surface area contributed by atoms with Gasteiger partial charge in [-0.15, -0.1) is 0 Å². The van der Waals surface area contributed by atoms with Gasteiger partial charge in [-0.25, -0.2) is 0 Å². The lowest BCUT2D eigenvalue weighted by molar-refractivity contribution is 0.184. The summed E-state index contributed by atoms with van der Waals surface area (Å²) in [5.41, 5.74) is 1.29. The van der Waals surface area contributed by atoms with E-state index in [-0.39, 0.29) is 0 Å². The molecule has 1 N–H and O–H groups in total. The molecule has 2 heterocycles. The second kappa shape index (κ2) is 6.01. The van der Waals surface area contributed by atoms with Crippen LogP contribution in [-0.4, -0.2) is 36.1 Å². The van der Waals surface area contributed by atoms with Crippen LogP contribution in [0.2, 0.25) is 0 Å². The van der Waals surface area contributed by atoms with E-state index in [9.17, 15) is 0 Å². The number of aryl methyl sites for hydroxylation is 1. The van der Waals surface area contributed by atoms with Crippen molar-refractivity contribution in [3.63, 3.8) is 0 Å². The van der Waals surface area contributed by atoms with E-state index in [2.05, 4.69) is 16.5 Å². The fraction of sp³-hybridized carbons (Fsp3) is 0.750. The van der Waals surface area contributed by atoms with Crippen molar-refractivity contribution in [2.24, 2.45) is 13.0 Å². The summed E-state index contributed by atoms with van der Waals surface area (Å²) in [5.74, 6) is 0.782. The Balaban J connectivity index is 1.53. The van der Waals surface area contributed by atoms with Gasteiger partial charge in [0.2, 0.25) is 0 Å². The minimum atomic E-state index is 0.782. The summed E-state index contributed by atoms with van der Waals surface area (Å²) in [7, 11) is 1.99. The maximum absolute atomic E-state index is 5.35. The summed E-state index contributed by atoms with van der Waals surface area (Å²) in [5, 5.41) is 7.63. The van der Waals surface area contributed by atoms with Crippen molar-refractivity contribution in [1.29, 1.82) is 0 Å². The molecule has 2 rings (SSSR count). The van der Waals surface area contributed by atoms with Crippen LogP contribution in [0.25, 0.3) is 0 Å². The zero-order valence-corrected chi connectivity index (χ0v) is 9.98. The normalized spacial score (nSPS) is 20.4. The maximum atomic E-state index is 5.35. The number of nitrogens with zero attached hydrogens (tertiary/aromatic N) is 2. The quantitative estimate of drug-likeness (QED) is 0.731. The van der Waals surface area contributed by atoms with E-state index in [1.54, 1.807) is 0 Å². The summed E-state index contributed by atoms with van der Waals surface area (Å²) < 4.78 is 7.29. The monoisotopic (exact) mass is 223 g/mol. The SMILES string of the molecule is Cn1nccc1CCNCCC1CCOC1. The summed E-state index contributed by atoms with van der Waals surface area (Å²) in [6.45, 7) is 4.06. The molecule has 1 aliphatic rings. The summed E-state index contributed by atoms with van der Waals surface area (Å²) in [6, 6.07) is 2.08. The van der Waals surface area contributed by atoms with Crippen LogP contribution in [0.5, 0.6) is 0 Å². The molecular formula is C12H21N3O. The highest BCUT2D eigenvalue weighted by atomic mass is 16.5. The molecule has 90 valence electrons. The smallest absolute Gasteiger partial charge is 0.0495 e. The highest BCUT2D eigenvalue weighted by Gasteiger charge is 2.14. The average Bonchev–Trinajstić information content (AvgIpc) is 2.90. The van der Waals surface area contributed by atoms with Gasteiger partial charge in [-0.2, -0.15) is 5.10 Å². The molecule has 1 unspecified atom stereocenters. The molecule has 0 amide bonds. The van der Waals surface area contributed by atoms with Crippen LogP contribution in [0.15, 0.2) is 12.3 Å². The second-order valence-electron chi connectivity index (χ2n) is 4.46. The predicted octanol–water partition coefficient (Wildman–Crippen LogP) is 0.979. The number of aromatic nitrogens is 2. The van der Waals surface area contributed by atoms with Crippen LogP contribution in [0.4, 0.5) is 0 Å². The van der Waals surface area contributed by atoms with Crippen LogP contribution >= 0.6 is 0 Å². The number of rotatable bonds is 6. The average molecular weight is 223 g/mol. The lowest BCUT2D eigenvalue weighted by Gasteiger charge is -2.08. The van der Waals surface area contributed by atoms with E-state index < -0.39 is 0 Å². The molecule has 16 heavy (non-hydrogen) atoms. The van der Waals surface area contributed by atoms with Crippen molar-refractivity contribution in [2.45, 2.75) is 19.3 Å². The van der Waals surface area contributed by atoms with Crippen LogP contribution in [0.3, 0.4) is 0 Å². The van der Waals surface area contributed by atoms with E-state index in [0.717, 1.165) is 38.6 Å². The van der Waals surface area contributed by atoms with Gasteiger partial charge in [-0.3, -0.25) is 4.68 Å². The first kappa shape index (κ1) is 11.6. The Labute approximate surface area is 97.0 Å². The molecule has 1 atom stereocenters. The summed E-state index contributed by atoms with van der Waals surface area (Å²) in [4.78, 5) is 0. The maximum Gasteiger partial charge on any atom is 0.0495 e. The molecule has 1 fully saturated rings. The molecule has 4 nitrogen and oxygen atoms in total. The Bertz CT molecular complexity index is 305. The van der Waals surface area contributed by atoms with Crippen LogP contribution in [-0.2, 0) is 18.2 Å². The first-order valence-electron chi connectivity index (χ1n) is 6.11. The molecule has 1 saturated heterocycles. The molecule has 4 heteroatoms. The zero-order chi connectivity index (χ0) is 11.2. The van der Waals surface area contributed by atoms with Gasteiger partial charge in [-0.05, 0) is 31.4 Å². The van der Waals surface area contributed by atoms with Gasteiger partial charge >= 0.3 is 0 Å². The van der Waals surface area contributed by atoms with E-state index in [1.165, 1.54) is 18.5 Å². The van der Waals surface area contributed by atoms with Crippen molar-refractivity contribution < 1.29 is 4.74 Å². The lowest BCUT2D eigenvalue weighted by atomic mass is 10.1. The third kappa shape index (κ3) is 3.32. The van der Waals surface area contributed by atoms with Crippen molar-refractivity contribution >= 4 is 0 Å². The van der Waals surface area contributed by atoms with Crippen LogP contribution < -0.4 is 5.32 Å². The molecule has 1 aromatic heterocycles. The first-order valence-corrected chi connectivity index (χ1v) is 6.11. The fourth-order valence-electron chi connectivity index (χ4n) is 2.11. The molecule has 1 aromatic rings. The first-order chi connectivity index (χ1) is 7.86. The topological polar surface area (TPSA) is 39.1 Å². The van der Waals surface area contributed by atoms with E-state index in [0.29, 0.717) is 0 Å². The second-order valence-corrected chi connectivity index (χ2v) is 4.46. The molecule has 0 aromatic carbocycles. The van der Waals surface area contributed by atoms with Gasteiger partial charge < -0.3 is 10.1 Å². The molecule has 0 bridgehead atoms. The Kier molecular flexibility index (Phi) is 4.36. The highest BCUT2D eigenvalue weighted by molar-refractivity contribution is 5.00. The van der Waals surface area contributed by atoms with Crippen molar-refractivity contribution in [2.75, 3.05) is 26.3 Å². The largest absolute Gasteiger partial charge is 0.381 e. The van der Waals surface area contributed by atoms with E-state index in [4.69, 9.17) is 4.74 Å². The Hall–Kier alpha value is -0.870. The van der Waals surface area contributed by atoms with Crippen LogP contribution in [0, 0.1) is 5.92 Å². The van der Waals surface area contributed by atoms with E-state index in [1.807, 2.05) is 17.9 Å². The van der Waals surface area contributed by atoms with Crippen LogP contribution in [0.1, 0.15) is 18.5 Å². The standard InChI is InChI=1S/C12H21N3O/c1-15-12(4-8-14-15)3-7-13-6-2-11-5-9-16-10-11/h4,8,11,13H,2-3,5-7,9-10H2,1H3. The third-order valence-electron chi connectivity index (χ3n) is 3.23. The Morgan fingerprint density at radius 1 is 1.56 bits per heavy atom. The number of hydrogen-bond acceptors (Lipinski definition) is 3. The molecule has 0 saturated carbocycles. The van der Waals surface area contributed by atoms with Gasteiger partial charge in [0, 0.05) is 45.1 Å². The van der Waals surface area contributed by atoms with Gasteiger partial charge in [0.05, 0.1) is 0 Å². The highest BCUT2D eigenvalue weighted by Crippen LogP contribution is 2.14. The third-order valence-corrected chi connectivity index (χ3v) is 3.23. The lowest BCUT2D eigenvalue weighted by Crippen LogP contribution is -2.21. The Morgan fingerprint density at radius 3 is 3.19 bits per heavy atom. The van der Waals surface area contributed by atoms with E-state index >= 15 is 0 Å².